The summed E-state index contributed by atoms with van der Waals surface area (Å²) in [5.74, 6) is -0.867. The molecule has 29 heavy (non-hydrogen) atoms. The van der Waals surface area contributed by atoms with Gasteiger partial charge in [-0.2, -0.15) is 4.68 Å². The minimum atomic E-state index is -0.793. The summed E-state index contributed by atoms with van der Waals surface area (Å²) in [4.78, 5) is 36.2. The molecule has 0 atom stereocenters. The van der Waals surface area contributed by atoms with Crippen LogP contribution in [0.3, 0.4) is 0 Å². The number of ketones is 1. The first-order valence-electron chi connectivity index (χ1n) is 8.82. The molecule has 0 N–H and O–H groups in total. The molecule has 0 spiro atoms. The second-order valence-electron chi connectivity index (χ2n) is 6.14. The molecule has 2 heterocycles. The monoisotopic (exact) mass is 396 g/mol. The van der Waals surface area contributed by atoms with Gasteiger partial charge in [0.1, 0.15) is 19.8 Å². The smallest absolute Gasteiger partial charge is 0.437 e. The Balaban J connectivity index is 1.36. The lowest BCUT2D eigenvalue weighted by Crippen LogP contribution is -2.24. The molecular weight excluding hydrogens is 380 g/mol. The van der Waals surface area contributed by atoms with Crippen molar-refractivity contribution in [3.63, 3.8) is 0 Å². The van der Waals surface area contributed by atoms with Crippen molar-refractivity contribution >= 4 is 11.8 Å². The van der Waals surface area contributed by atoms with Gasteiger partial charge in [0.25, 0.3) is 0 Å². The fourth-order valence-electron chi connectivity index (χ4n) is 2.72. The molecule has 0 saturated carbocycles. The minimum absolute atomic E-state index is 0.0933. The van der Waals surface area contributed by atoms with Crippen molar-refractivity contribution in [3.8, 4) is 23.0 Å². The summed E-state index contributed by atoms with van der Waals surface area (Å²) in [6.07, 6.45) is 0. The van der Waals surface area contributed by atoms with Gasteiger partial charge in [0.2, 0.25) is 5.89 Å². The second kappa shape index (κ2) is 8.01. The average molecular weight is 396 g/mol. The highest BCUT2D eigenvalue weighted by Crippen LogP contribution is 2.30. The van der Waals surface area contributed by atoms with Gasteiger partial charge in [-0.1, -0.05) is 18.2 Å². The van der Waals surface area contributed by atoms with Gasteiger partial charge in [-0.3, -0.25) is 9.59 Å². The van der Waals surface area contributed by atoms with E-state index in [0.717, 1.165) is 4.68 Å². The zero-order chi connectivity index (χ0) is 20.2. The van der Waals surface area contributed by atoms with Gasteiger partial charge < -0.3 is 18.6 Å². The third kappa shape index (κ3) is 4.18. The lowest BCUT2D eigenvalue weighted by molar-refractivity contribution is -0.143. The van der Waals surface area contributed by atoms with Gasteiger partial charge in [-0.25, -0.2) is 4.79 Å². The summed E-state index contributed by atoms with van der Waals surface area (Å²) in [6.45, 7) is -0.0947. The van der Waals surface area contributed by atoms with Gasteiger partial charge in [0.15, 0.2) is 23.9 Å². The van der Waals surface area contributed by atoms with Gasteiger partial charge in [0.05, 0.1) is 0 Å². The summed E-state index contributed by atoms with van der Waals surface area (Å²) >= 11 is 0. The van der Waals surface area contributed by atoms with E-state index < -0.39 is 30.7 Å². The molecule has 0 bridgehead atoms. The highest BCUT2D eigenvalue weighted by molar-refractivity contribution is 5.98. The van der Waals surface area contributed by atoms with Gasteiger partial charge >= 0.3 is 11.7 Å². The number of Topliss-reactive ketones (excluding diaryl/α,β-unsaturated/α-hetero) is 1. The van der Waals surface area contributed by atoms with Crippen LogP contribution < -0.4 is 15.2 Å². The third-order valence-electron chi connectivity index (χ3n) is 4.13. The maximum absolute atomic E-state index is 12.3. The molecule has 9 heteroatoms. The van der Waals surface area contributed by atoms with E-state index in [0.29, 0.717) is 35.8 Å². The number of rotatable bonds is 6. The van der Waals surface area contributed by atoms with E-state index in [-0.39, 0.29) is 5.89 Å². The Morgan fingerprint density at radius 1 is 1.03 bits per heavy atom. The molecule has 3 aromatic rings. The number of hydrogen-bond acceptors (Lipinski definition) is 8. The molecule has 0 fully saturated rings. The maximum atomic E-state index is 12.3. The van der Waals surface area contributed by atoms with Crippen molar-refractivity contribution in [1.82, 2.24) is 9.78 Å². The Labute approximate surface area is 164 Å². The van der Waals surface area contributed by atoms with Crippen molar-refractivity contribution in [1.29, 1.82) is 0 Å². The topological polar surface area (TPSA) is 110 Å². The number of carbonyl (C=O) groups excluding carboxylic acids is 2. The van der Waals surface area contributed by atoms with Crippen molar-refractivity contribution in [3.05, 3.63) is 64.6 Å². The molecule has 0 unspecified atom stereocenters. The van der Waals surface area contributed by atoms with Crippen molar-refractivity contribution in [2.45, 2.75) is 6.54 Å². The standard InChI is InChI=1S/C20H16N2O7/c23-15(14-6-7-16-17(10-14)27-9-8-26-16)12-28-18(24)11-22-20(25)29-19(21-22)13-4-2-1-3-5-13/h1-7,10H,8-9,11-12H2. The second-order valence-corrected chi connectivity index (χ2v) is 6.14. The molecule has 0 saturated heterocycles. The first-order chi connectivity index (χ1) is 14.1. The Morgan fingerprint density at radius 3 is 2.59 bits per heavy atom. The number of esters is 1. The van der Waals surface area contributed by atoms with Crippen molar-refractivity contribution < 1.29 is 28.2 Å². The Kier molecular flexibility index (Phi) is 5.10. The van der Waals surface area contributed by atoms with E-state index in [1.54, 1.807) is 42.5 Å². The number of ether oxygens (including phenoxy) is 3. The zero-order valence-electron chi connectivity index (χ0n) is 15.2. The number of benzene rings is 2. The van der Waals surface area contributed by atoms with Crippen LogP contribution in [-0.2, 0) is 16.1 Å². The van der Waals surface area contributed by atoms with Crippen LogP contribution in [0.15, 0.2) is 57.7 Å². The van der Waals surface area contributed by atoms with Crippen molar-refractivity contribution in [2.75, 3.05) is 19.8 Å². The van der Waals surface area contributed by atoms with Crippen LogP contribution >= 0.6 is 0 Å². The number of nitrogens with zero attached hydrogens (tertiary/aromatic N) is 2. The van der Waals surface area contributed by atoms with E-state index >= 15 is 0 Å². The number of fused-ring (bicyclic) bond motifs is 1. The van der Waals surface area contributed by atoms with Crippen molar-refractivity contribution in [2.24, 2.45) is 0 Å². The molecule has 9 nitrogen and oxygen atoms in total. The Morgan fingerprint density at radius 2 is 1.79 bits per heavy atom. The van der Waals surface area contributed by atoms with E-state index in [9.17, 15) is 14.4 Å². The summed E-state index contributed by atoms with van der Waals surface area (Å²) in [5.41, 5.74) is 0.928. The number of aromatic nitrogens is 2. The van der Waals surface area contributed by atoms with Crippen LogP contribution in [0.4, 0.5) is 0 Å². The molecule has 4 rings (SSSR count). The predicted octanol–water partition coefficient (Wildman–Crippen LogP) is 1.70. The molecular formula is C20H16N2O7. The maximum Gasteiger partial charge on any atom is 0.437 e. The predicted molar refractivity (Wildman–Crippen MR) is 98.9 cm³/mol. The zero-order valence-corrected chi connectivity index (χ0v) is 15.2. The summed E-state index contributed by atoms with van der Waals surface area (Å²) < 4.78 is 21.7. The highest BCUT2D eigenvalue weighted by atomic mass is 16.6. The van der Waals surface area contributed by atoms with Crippen LogP contribution in [0.2, 0.25) is 0 Å². The molecule has 0 radical (unpaired) electrons. The Bertz CT molecular complexity index is 1100. The fraction of sp³-hybridized carbons (Fsp3) is 0.200. The van der Waals surface area contributed by atoms with Crippen LogP contribution in [0.5, 0.6) is 11.5 Å². The lowest BCUT2D eigenvalue weighted by atomic mass is 10.1. The van der Waals surface area contributed by atoms with Gasteiger partial charge in [0, 0.05) is 11.1 Å². The van der Waals surface area contributed by atoms with Crippen LogP contribution in [0.25, 0.3) is 11.5 Å². The fourth-order valence-corrected chi connectivity index (χ4v) is 2.72. The van der Waals surface area contributed by atoms with E-state index in [1.807, 2.05) is 6.07 Å². The number of carbonyl (C=O) groups is 2. The summed E-state index contributed by atoms with van der Waals surface area (Å²) in [7, 11) is 0. The van der Waals surface area contributed by atoms with Gasteiger partial charge in [-0.05, 0) is 30.3 Å². The Hall–Kier alpha value is -3.88. The lowest BCUT2D eigenvalue weighted by Gasteiger charge is -2.18. The summed E-state index contributed by atoms with van der Waals surface area (Å²) in [6, 6.07) is 13.5. The average Bonchev–Trinajstić information content (AvgIpc) is 3.12. The minimum Gasteiger partial charge on any atom is -0.486 e. The molecule has 0 aliphatic carbocycles. The molecule has 148 valence electrons. The third-order valence-corrected chi connectivity index (χ3v) is 4.13. The SMILES string of the molecule is O=C(Cn1nc(-c2ccccc2)oc1=O)OCC(=O)c1ccc2c(c1)OCCO2. The number of hydrogen-bond donors (Lipinski definition) is 0. The first-order valence-corrected chi connectivity index (χ1v) is 8.82. The molecule has 2 aromatic carbocycles. The quantitative estimate of drug-likeness (QED) is 0.457. The molecule has 1 aliphatic heterocycles. The summed E-state index contributed by atoms with van der Waals surface area (Å²) in [5, 5.41) is 3.97. The molecule has 1 aliphatic rings. The van der Waals surface area contributed by atoms with E-state index in [1.165, 1.54) is 0 Å². The van der Waals surface area contributed by atoms with Crippen LogP contribution in [0, 0.1) is 0 Å². The molecule has 1 aromatic heterocycles. The highest BCUT2D eigenvalue weighted by Gasteiger charge is 2.18. The normalized spacial score (nSPS) is 12.4. The first kappa shape index (κ1) is 18.5. The largest absolute Gasteiger partial charge is 0.486 e. The van der Waals surface area contributed by atoms with Crippen LogP contribution in [0.1, 0.15) is 10.4 Å². The molecule has 0 amide bonds. The van der Waals surface area contributed by atoms with E-state index in [2.05, 4.69) is 5.10 Å². The van der Waals surface area contributed by atoms with E-state index in [4.69, 9.17) is 18.6 Å². The van der Waals surface area contributed by atoms with Gasteiger partial charge in [-0.15, -0.1) is 5.10 Å². The van der Waals surface area contributed by atoms with Crippen LogP contribution in [-0.4, -0.2) is 41.4 Å².